The van der Waals surface area contributed by atoms with Gasteiger partial charge in [-0.15, -0.1) is 0 Å². The number of piperazine rings is 1. The Kier molecular flexibility index (Phi) is 7.32. The predicted molar refractivity (Wildman–Crippen MR) is 150 cm³/mol. The number of H-pyrrole nitrogens is 1. The molecule has 0 bridgehead atoms. The van der Waals surface area contributed by atoms with Gasteiger partial charge >= 0.3 is 6.01 Å². The third kappa shape index (κ3) is 5.11. The minimum absolute atomic E-state index is 0.0615. The Hall–Kier alpha value is -4.07. The van der Waals surface area contributed by atoms with Crippen molar-refractivity contribution < 1.29 is 23.4 Å². The van der Waals surface area contributed by atoms with Crippen LogP contribution in [0.25, 0.3) is 21.8 Å². The molecule has 0 spiro atoms. The molecule has 6 rings (SSSR count). The molecule has 2 aliphatic rings. The molecule has 5 heterocycles. The summed E-state index contributed by atoms with van der Waals surface area (Å²) >= 11 is 6.33. The molecule has 0 aliphatic carbocycles. The minimum Gasteiger partial charge on any atom is -0.456 e. The highest BCUT2D eigenvalue weighted by Crippen LogP contribution is 2.40. The van der Waals surface area contributed by atoms with Crippen LogP contribution >= 0.6 is 11.6 Å². The number of aromatic nitrogens is 5. The van der Waals surface area contributed by atoms with Crippen molar-refractivity contribution in [3.63, 3.8) is 0 Å². The molecule has 12 nitrogen and oxygen atoms in total. The first-order chi connectivity index (χ1) is 19.9. The first kappa shape index (κ1) is 27.1. The zero-order valence-corrected chi connectivity index (χ0v) is 23.3. The van der Waals surface area contributed by atoms with Crippen molar-refractivity contribution in [2.24, 2.45) is 0 Å². The fourth-order valence-electron chi connectivity index (χ4n) is 5.23. The van der Waals surface area contributed by atoms with Crippen LogP contribution in [0.1, 0.15) is 0 Å². The van der Waals surface area contributed by atoms with E-state index in [4.69, 9.17) is 35.8 Å². The van der Waals surface area contributed by atoms with Gasteiger partial charge in [0.25, 0.3) is 0 Å². The molecule has 1 N–H and O–H groups in total. The molecule has 1 amide bonds. The highest BCUT2D eigenvalue weighted by atomic mass is 35.5. The molecule has 1 aromatic carbocycles. The van der Waals surface area contributed by atoms with Crippen LogP contribution in [0.4, 0.5) is 10.2 Å². The molecule has 14 heteroatoms. The normalized spacial score (nSPS) is 19.7. The first-order valence-corrected chi connectivity index (χ1v) is 13.4. The lowest BCUT2D eigenvalue weighted by Crippen LogP contribution is -2.48. The topological polar surface area (TPSA) is 122 Å². The van der Waals surface area contributed by atoms with E-state index in [1.165, 1.54) is 18.3 Å². The third-order valence-corrected chi connectivity index (χ3v) is 7.71. The Morgan fingerprint density at radius 3 is 2.73 bits per heavy atom. The number of hydrogen-bond donors (Lipinski definition) is 1. The average molecular weight is 583 g/mol. The van der Waals surface area contributed by atoms with E-state index in [1.807, 2.05) is 7.05 Å². The summed E-state index contributed by atoms with van der Waals surface area (Å²) in [5.41, 5.74) is 0.777. The van der Waals surface area contributed by atoms with E-state index in [2.05, 4.69) is 31.6 Å². The maximum Gasteiger partial charge on any atom is 0.319 e. The van der Waals surface area contributed by atoms with Gasteiger partial charge in [-0.05, 0) is 19.2 Å². The fourth-order valence-corrected chi connectivity index (χ4v) is 5.43. The summed E-state index contributed by atoms with van der Waals surface area (Å²) in [5, 5.41) is 7.65. The van der Waals surface area contributed by atoms with Crippen molar-refractivity contribution in [3.05, 3.63) is 48.0 Å². The smallest absolute Gasteiger partial charge is 0.319 e. The number of carbonyl (C=O) groups is 1. The summed E-state index contributed by atoms with van der Waals surface area (Å²) < 4.78 is 32.7. The minimum atomic E-state index is -0.666. The van der Waals surface area contributed by atoms with Gasteiger partial charge in [-0.2, -0.15) is 15.1 Å². The number of carbonyl (C=O) groups excluding carboxylic acids is 1. The van der Waals surface area contributed by atoms with E-state index in [1.54, 1.807) is 24.3 Å². The number of benzene rings is 1. The number of likely N-dealkylation sites (tertiary alicyclic amines) is 1. The van der Waals surface area contributed by atoms with Gasteiger partial charge in [0.15, 0.2) is 5.75 Å². The summed E-state index contributed by atoms with van der Waals surface area (Å²) in [4.78, 5) is 32.0. The van der Waals surface area contributed by atoms with Crippen molar-refractivity contribution >= 4 is 45.1 Å². The fraction of sp³-hybridized carbons (Fsp3) is 0.370. The Bertz CT molecular complexity index is 1630. The number of pyridine rings is 1. The summed E-state index contributed by atoms with van der Waals surface area (Å²) in [7, 11) is 3.63. The van der Waals surface area contributed by atoms with Crippen LogP contribution in [-0.4, -0.2) is 106 Å². The molecule has 41 heavy (non-hydrogen) atoms. The van der Waals surface area contributed by atoms with Gasteiger partial charge < -0.3 is 24.0 Å². The number of nitrogens with zero attached hydrogens (tertiary/aromatic N) is 7. The monoisotopic (exact) mass is 582 g/mol. The van der Waals surface area contributed by atoms with E-state index in [0.29, 0.717) is 66.9 Å². The predicted octanol–water partition coefficient (Wildman–Crippen LogP) is 3.03. The van der Waals surface area contributed by atoms with Gasteiger partial charge in [0, 0.05) is 58.6 Å². The van der Waals surface area contributed by atoms with Gasteiger partial charge in [-0.25, -0.2) is 9.37 Å². The van der Waals surface area contributed by atoms with Gasteiger partial charge in [-0.1, -0.05) is 18.2 Å². The van der Waals surface area contributed by atoms with E-state index >= 15 is 0 Å². The molecule has 214 valence electrons. The molecular weight excluding hydrogens is 555 g/mol. The average Bonchev–Trinajstić information content (AvgIpc) is 3.60. The van der Waals surface area contributed by atoms with Crippen LogP contribution in [-0.2, 0) is 9.53 Å². The summed E-state index contributed by atoms with van der Waals surface area (Å²) in [5.74, 6) is -0.0256. The standard InChI is InChI=1S/C27H28ClFN8O4/c1-4-21(38)36-7-9-37(10-8-36)25-15-5-6-30-26(41-24-16-12-31-34-18(16)11-17(29)22(24)28)23(15)32-27(33-25)40-20-14-35(2)13-19(20)39-3/h4-6,11-12,19-20H,1,7-10,13-14H2,2-3H3,(H,31,34)/t19-,20-/m1/s1. The Balaban J connectivity index is 1.43. The molecule has 2 aliphatic heterocycles. The molecule has 0 radical (unpaired) electrons. The van der Waals surface area contributed by atoms with Crippen LogP contribution in [0.2, 0.25) is 5.02 Å². The van der Waals surface area contributed by atoms with Crippen molar-refractivity contribution in [3.8, 4) is 17.6 Å². The molecule has 2 fully saturated rings. The van der Waals surface area contributed by atoms with E-state index in [-0.39, 0.29) is 40.8 Å². The van der Waals surface area contributed by atoms with Gasteiger partial charge in [0.1, 0.15) is 34.4 Å². The number of fused-ring (bicyclic) bond motifs is 2. The largest absolute Gasteiger partial charge is 0.456 e. The summed E-state index contributed by atoms with van der Waals surface area (Å²) in [6.45, 7) is 6.98. The zero-order valence-electron chi connectivity index (χ0n) is 22.5. The maximum atomic E-state index is 14.6. The Labute approximate surface area is 239 Å². The molecule has 0 saturated carbocycles. The van der Waals surface area contributed by atoms with Crippen molar-refractivity contribution in [2.75, 3.05) is 58.3 Å². The second-order valence-corrected chi connectivity index (χ2v) is 10.3. The van der Waals surface area contributed by atoms with Crippen LogP contribution < -0.4 is 14.4 Å². The number of rotatable bonds is 7. The molecule has 2 saturated heterocycles. The number of methoxy groups -OCH3 is 1. The van der Waals surface area contributed by atoms with Gasteiger partial charge in [0.05, 0.1) is 22.5 Å². The Morgan fingerprint density at radius 2 is 1.98 bits per heavy atom. The summed E-state index contributed by atoms with van der Waals surface area (Å²) in [6.07, 6.45) is 3.91. The van der Waals surface area contributed by atoms with Crippen molar-refractivity contribution in [1.82, 2.24) is 34.9 Å². The van der Waals surface area contributed by atoms with E-state index < -0.39 is 5.82 Å². The lowest BCUT2D eigenvalue weighted by Gasteiger charge is -2.35. The SMILES string of the molecule is C=CC(=O)N1CCN(c2nc(O[C@@H]3CN(C)C[C@H]3OC)nc3c(Oc4c(Cl)c(F)cc5[nH]ncc45)nccc23)CC1. The third-order valence-electron chi connectivity index (χ3n) is 7.36. The van der Waals surface area contributed by atoms with E-state index in [9.17, 15) is 9.18 Å². The van der Waals surface area contributed by atoms with Crippen LogP contribution in [0, 0.1) is 5.82 Å². The molecule has 2 atom stereocenters. The van der Waals surface area contributed by atoms with Crippen LogP contribution in [0.5, 0.6) is 17.6 Å². The Morgan fingerprint density at radius 1 is 1.20 bits per heavy atom. The molecular formula is C27H28ClFN8O4. The number of likely N-dealkylation sites (N-methyl/N-ethyl adjacent to an activating group) is 1. The number of ether oxygens (including phenoxy) is 3. The zero-order chi connectivity index (χ0) is 28.7. The quantitative estimate of drug-likeness (QED) is 0.325. The highest BCUT2D eigenvalue weighted by molar-refractivity contribution is 6.33. The molecule has 0 unspecified atom stereocenters. The second kappa shape index (κ2) is 11.1. The van der Waals surface area contributed by atoms with Crippen molar-refractivity contribution in [1.29, 1.82) is 0 Å². The summed E-state index contributed by atoms with van der Waals surface area (Å²) in [6, 6.07) is 3.16. The molecule has 4 aromatic rings. The number of anilines is 1. The number of halogens is 2. The first-order valence-electron chi connectivity index (χ1n) is 13.1. The van der Waals surface area contributed by atoms with Crippen LogP contribution in [0.3, 0.4) is 0 Å². The van der Waals surface area contributed by atoms with Crippen LogP contribution in [0.15, 0.2) is 37.2 Å². The maximum absolute atomic E-state index is 14.6. The second-order valence-electron chi connectivity index (χ2n) is 9.94. The van der Waals surface area contributed by atoms with E-state index in [0.717, 1.165) is 0 Å². The van der Waals surface area contributed by atoms with Gasteiger partial charge in [0.2, 0.25) is 11.8 Å². The number of amides is 1. The highest BCUT2D eigenvalue weighted by Gasteiger charge is 2.34. The molecule has 3 aromatic heterocycles. The number of nitrogens with one attached hydrogen (secondary N) is 1. The number of hydrogen-bond acceptors (Lipinski definition) is 10. The van der Waals surface area contributed by atoms with Gasteiger partial charge in [-0.3, -0.25) is 14.8 Å². The van der Waals surface area contributed by atoms with Crippen molar-refractivity contribution in [2.45, 2.75) is 12.2 Å². The lowest BCUT2D eigenvalue weighted by molar-refractivity contribution is -0.126. The number of aromatic amines is 1. The lowest BCUT2D eigenvalue weighted by atomic mass is 10.2.